The van der Waals surface area contributed by atoms with E-state index in [4.69, 9.17) is 5.11 Å². The lowest BCUT2D eigenvalue weighted by Crippen LogP contribution is -2.37. The van der Waals surface area contributed by atoms with Crippen LogP contribution in [0.3, 0.4) is 0 Å². The number of rotatable bonds is 3. The smallest absolute Gasteiger partial charge is 0.379 e. The monoisotopic (exact) mass is 201 g/mol. The fourth-order valence-corrected chi connectivity index (χ4v) is 1.59. The van der Waals surface area contributed by atoms with Crippen molar-refractivity contribution < 1.29 is 19.9 Å². The molecule has 1 aliphatic rings. The Hall–Kier alpha value is -1.43. The Morgan fingerprint density at radius 1 is 1.79 bits per heavy atom. The van der Waals surface area contributed by atoms with Gasteiger partial charge in [0, 0.05) is 4.92 Å². The molecular formula is C8H11NO5. The first-order valence-electron chi connectivity index (χ1n) is 4.11. The van der Waals surface area contributed by atoms with E-state index in [1.54, 1.807) is 0 Å². The molecular weight excluding hydrogens is 190 g/mol. The van der Waals surface area contributed by atoms with Gasteiger partial charge >= 0.3 is 12.0 Å². The summed E-state index contributed by atoms with van der Waals surface area (Å²) in [4.78, 5) is 20.2. The van der Waals surface area contributed by atoms with Gasteiger partial charge in [-0.15, -0.1) is 0 Å². The number of carboxylic acids is 1. The van der Waals surface area contributed by atoms with Crippen LogP contribution in [0.4, 0.5) is 0 Å². The van der Waals surface area contributed by atoms with Crippen molar-refractivity contribution in [3.8, 4) is 0 Å². The second kappa shape index (κ2) is 3.38. The van der Waals surface area contributed by atoms with Gasteiger partial charge in [0.1, 0.15) is 0 Å². The summed E-state index contributed by atoms with van der Waals surface area (Å²) < 4.78 is 0. The number of nitro groups is 1. The second-order valence-electron chi connectivity index (χ2n) is 3.65. The molecule has 6 nitrogen and oxygen atoms in total. The van der Waals surface area contributed by atoms with Crippen molar-refractivity contribution in [2.24, 2.45) is 5.92 Å². The van der Waals surface area contributed by atoms with Crippen molar-refractivity contribution >= 4 is 5.97 Å². The van der Waals surface area contributed by atoms with E-state index in [-0.39, 0.29) is 6.42 Å². The molecule has 0 aliphatic heterocycles. The van der Waals surface area contributed by atoms with E-state index in [0.717, 1.165) is 0 Å². The summed E-state index contributed by atoms with van der Waals surface area (Å²) in [5, 5.41) is 28.5. The molecule has 0 bridgehead atoms. The Balaban J connectivity index is 2.79. The zero-order chi connectivity index (χ0) is 10.9. The molecule has 0 radical (unpaired) electrons. The summed E-state index contributed by atoms with van der Waals surface area (Å²) in [5.41, 5.74) is -1.13. The van der Waals surface area contributed by atoms with Crippen molar-refractivity contribution in [1.29, 1.82) is 0 Å². The number of carbonyl (C=O) groups is 1. The summed E-state index contributed by atoms with van der Waals surface area (Å²) >= 11 is 0. The quantitative estimate of drug-likeness (QED) is 0.381. The third-order valence-corrected chi connectivity index (χ3v) is 2.24. The molecule has 0 heterocycles. The van der Waals surface area contributed by atoms with E-state index in [1.807, 2.05) is 0 Å². The third kappa shape index (κ3) is 2.08. The molecule has 0 aromatic rings. The third-order valence-electron chi connectivity index (χ3n) is 2.24. The highest BCUT2D eigenvalue weighted by Gasteiger charge is 2.43. The van der Waals surface area contributed by atoms with Crippen molar-refractivity contribution in [3.63, 3.8) is 0 Å². The van der Waals surface area contributed by atoms with E-state index in [9.17, 15) is 20.0 Å². The molecule has 1 rings (SSSR count). The van der Waals surface area contributed by atoms with Gasteiger partial charge in [0.2, 0.25) is 0 Å². The van der Waals surface area contributed by atoms with Crippen molar-refractivity contribution in [2.45, 2.75) is 25.0 Å². The number of nitrogens with zero attached hydrogens (tertiary/aromatic N) is 1. The minimum absolute atomic E-state index is 0.0744. The van der Waals surface area contributed by atoms with Gasteiger partial charge in [-0.3, -0.25) is 10.1 Å². The van der Waals surface area contributed by atoms with Crippen LogP contribution in [-0.2, 0) is 4.79 Å². The van der Waals surface area contributed by atoms with Gasteiger partial charge in [-0.1, -0.05) is 12.2 Å². The zero-order valence-corrected chi connectivity index (χ0v) is 7.58. The molecule has 0 aromatic heterocycles. The van der Waals surface area contributed by atoms with Gasteiger partial charge in [0.25, 0.3) is 0 Å². The second-order valence-corrected chi connectivity index (χ2v) is 3.65. The number of aliphatic carboxylic acids is 1. The van der Waals surface area contributed by atoms with E-state index < -0.39 is 28.5 Å². The maximum atomic E-state index is 10.6. The lowest BCUT2D eigenvalue weighted by Gasteiger charge is -2.16. The predicted octanol–water partition coefficient (Wildman–Crippen LogP) is 0.0434. The zero-order valence-electron chi connectivity index (χ0n) is 7.58. The molecule has 0 aromatic carbocycles. The molecule has 0 saturated carbocycles. The van der Waals surface area contributed by atoms with Gasteiger partial charge in [-0.2, -0.15) is 0 Å². The van der Waals surface area contributed by atoms with Crippen LogP contribution in [0.15, 0.2) is 12.2 Å². The molecule has 3 atom stereocenters. The largest absolute Gasteiger partial charge is 0.476 e. The predicted molar refractivity (Wildman–Crippen MR) is 46.3 cm³/mol. The fraction of sp³-hybridized carbons (Fsp3) is 0.625. The summed E-state index contributed by atoms with van der Waals surface area (Å²) in [6.07, 6.45) is 2.86. The number of carboxylic acid groups (broad SMARTS) is 1. The summed E-state index contributed by atoms with van der Waals surface area (Å²) in [6, 6.07) is -1.67. The van der Waals surface area contributed by atoms with Gasteiger partial charge < -0.3 is 10.2 Å². The molecule has 78 valence electrons. The van der Waals surface area contributed by atoms with Crippen LogP contribution in [0.25, 0.3) is 0 Å². The summed E-state index contributed by atoms with van der Waals surface area (Å²) in [5.74, 6) is -2.21. The minimum Gasteiger partial charge on any atom is -0.476 e. The van der Waals surface area contributed by atoms with Crippen LogP contribution in [0.2, 0.25) is 0 Å². The van der Waals surface area contributed by atoms with E-state index in [1.165, 1.54) is 19.1 Å². The molecule has 0 fully saturated rings. The molecule has 6 heteroatoms. The lowest BCUT2D eigenvalue weighted by atomic mass is 9.95. The Morgan fingerprint density at radius 3 is 2.64 bits per heavy atom. The average Bonchev–Trinajstić information content (AvgIpc) is 2.28. The Kier molecular flexibility index (Phi) is 2.57. The summed E-state index contributed by atoms with van der Waals surface area (Å²) in [6.45, 7) is 1.49. The van der Waals surface area contributed by atoms with Crippen LogP contribution in [0.5, 0.6) is 0 Å². The van der Waals surface area contributed by atoms with Crippen LogP contribution in [0, 0.1) is 16.0 Å². The Bertz CT molecular complexity index is 282. The highest BCUT2D eigenvalue weighted by Crippen LogP contribution is 2.30. The maximum absolute atomic E-state index is 10.6. The molecule has 2 N–H and O–H groups in total. The Morgan fingerprint density at radius 2 is 2.36 bits per heavy atom. The van der Waals surface area contributed by atoms with E-state index >= 15 is 0 Å². The van der Waals surface area contributed by atoms with Gasteiger partial charge in [-0.05, 0) is 13.3 Å². The van der Waals surface area contributed by atoms with Crippen LogP contribution < -0.4 is 0 Å². The van der Waals surface area contributed by atoms with E-state index in [2.05, 4.69) is 0 Å². The van der Waals surface area contributed by atoms with Crippen LogP contribution in [0.1, 0.15) is 13.3 Å². The van der Waals surface area contributed by atoms with E-state index in [0.29, 0.717) is 0 Å². The first kappa shape index (κ1) is 10.6. The van der Waals surface area contributed by atoms with Crippen molar-refractivity contribution in [2.75, 3.05) is 0 Å². The summed E-state index contributed by atoms with van der Waals surface area (Å²) in [7, 11) is 0. The van der Waals surface area contributed by atoms with Crippen molar-refractivity contribution in [3.05, 3.63) is 22.3 Å². The molecule has 0 amide bonds. The number of hydrogen-bond donors (Lipinski definition) is 2. The topological polar surface area (TPSA) is 101 Å². The van der Waals surface area contributed by atoms with Gasteiger partial charge in [0.05, 0.1) is 11.5 Å². The minimum atomic E-state index is -1.67. The molecule has 1 unspecified atom stereocenters. The molecule has 0 spiro atoms. The highest BCUT2D eigenvalue weighted by atomic mass is 16.6. The maximum Gasteiger partial charge on any atom is 0.379 e. The van der Waals surface area contributed by atoms with Gasteiger partial charge in [-0.25, -0.2) is 4.79 Å². The number of aliphatic hydroxyl groups is 1. The number of hydrogen-bond acceptors (Lipinski definition) is 4. The average molecular weight is 201 g/mol. The molecule has 14 heavy (non-hydrogen) atoms. The van der Waals surface area contributed by atoms with Crippen LogP contribution in [-0.4, -0.2) is 32.7 Å². The first-order chi connectivity index (χ1) is 6.33. The fourth-order valence-electron chi connectivity index (χ4n) is 1.59. The lowest BCUT2D eigenvalue weighted by molar-refractivity contribution is -0.517. The Labute approximate surface area is 80.0 Å². The first-order valence-corrected chi connectivity index (χ1v) is 4.11. The van der Waals surface area contributed by atoms with Crippen LogP contribution >= 0.6 is 0 Å². The van der Waals surface area contributed by atoms with Crippen molar-refractivity contribution in [1.82, 2.24) is 0 Å². The highest BCUT2D eigenvalue weighted by molar-refractivity contribution is 5.72. The molecule has 1 aliphatic carbocycles. The van der Waals surface area contributed by atoms with Gasteiger partial charge in [0.15, 0.2) is 0 Å². The molecule has 0 saturated heterocycles. The normalized spacial score (nSPS) is 32.9. The SMILES string of the molecule is C[C@@]1(O)C=C[C@H](C(C(=O)O)[N+](=O)[O-])C1. The standard InChI is InChI=1S/C8H11NO5/c1-8(12)3-2-5(4-8)6(7(10)11)9(13)14/h2-3,5-6,12H,4H2,1H3,(H,10,11)/t5-,6?,8+/m0/s1.